The lowest BCUT2D eigenvalue weighted by atomic mass is 10.1. The Labute approximate surface area is 116 Å². The third-order valence-electron chi connectivity index (χ3n) is 2.36. The number of benzene rings is 1. The number of carbonyl (C=O) groups is 1. The van der Waals surface area contributed by atoms with Crippen LogP contribution in [0.1, 0.15) is 18.1 Å². The van der Waals surface area contributed by atoms with Gasteiger partial charge in [0.15, 0.2) is 0 Å². The van der Waals surface area contributed by atoms with Gasteiger partial charge in [0, 0.05) is 29.6 Å². The summed E-state index contributed by atoms with van der Waals surface area (Å²) in [5.41, 5.74) is 0.585. The van der Waals surface area contributed by atoms with Gasteiger partial charge in [-0.1, -0.05) is 23.2 Å². The molecule has 0 fully saturated rings. The van der Waals surface area contributed by atoms with Crippen molar-refractivity contribution < 1.29 is 9.90 Å². The van der Waals surface area contributed by atoms with Gasteiger partial charge in [0.05, 0.1) is 6.10 Å². The molecule has 0 saturated carbocycles. The molecular weight excluding hydrogens is 275 g/mol. The van der Waals surface area contributed by atoms with Gasteiger partial charge in [0.1, 0.15) is 0 Å². The van der Waals surface area contributed by atoms with Crippen LogP contribution in [-0.4, -0.2) is 31.2 Å². The maximum Gasteiger partial charge on any atom is 0.221 e. The Morgan fingerprint density at radius 3 is 2.50 bits per heavy atom. The van der Waals surface area contributed by atoms with E-state index in [1.807, 2.05) is 0 Å². The Morgan fingerprint density at radius 2 is 1.94 bits per heavy atom. The molecule has 0 heterocycles. The minimum Gasteiger partial charge on any atom is -0.387 e. The predicted molar refractivity (Wildman–Crippen MR) is 73.0 cm³/mol. The van der Waals surface area contributed by atoms with Crippen LogP contribution in [0, 0.1) is 0 Å². The first-order valence-corrected chi connectivity index (χ1v) is 6.34. The molecule has 1 unspecified atom stereocenters. The van der Waals surface area contributed by atoms with Crippen molar-refractivity contribution in [2.24, 2.45) is 0 Å². The van der Waals surface area contributed by atoms with Gasteiger partial charge in [-0.05, 0) is 30.8 Å². The molecule has 0 spiro atoms. The Morgan fingerprint density at radius 1 is 1.33 bits per heavy atom. The smallest absolute Gasteiger partial charge is 0.221 e. The van der Waals surface area contributed by atoms with Crippen molar-refractivity contribution in [2.45, 2.75) is 12.5 Å². The number of hydrogen-bond acceptors (Lipinski definition) is 3. The Bertz CT molecular complexity index is 393. The average Bonchev–Trinajstić information content (AvgIpc) is 2.32. The molecule has 1 atom stereocenters. The molecule has 0 aliphatic rings. The summed E-state index contributed by atoms with van der Waals surface area (Å²) in [5.74, 6) is -0.114. The Balaban J connectivity index is 2.49. The molecular formula is C12H16Cl2N2O2. The van der Waals surface area contributed by atoms with Crippen molar-refractivity contribution in [1.82, 2.24) is 10.6 Å². The molecule has 0 aliphatic heterocycles. The standard InChI is InChI=1S/C12H16Cl2N2O2/c1-15-3-2-12(18)16-7-11(17)8-4-9(13)6-10(14)5-8/h4-6,11,15,17H,2-3,7H2,1H3,(H,16,18). The summed E-state index contributed by atoms with van der Waals surface area (Å²) in [6.45, 7) is 0.740. The summed E-state index contributed by atoms with van der Waals surface area (Å²) >= 11 is 11.7. The van der Waals surface area contributed by atoms with Crippen LogP contribution in [0.3, 0.4) is 0 Å². The molecule has 6 heteroatoms. The van der Waals surface area contributed by atoms with E-state index in [1.54, 1.807) is 25.2 Å². The van der Waals surface area contributed by atoms with Crippen LogP contribution in [-0.2, 0) is 4.79 Å². The molecule has 0 aromatic heterocycles. The summed E-state index contributed by atoms with van der Waals surface area (Å²) in [4.78, 5) is 11.4. The number of amides is 1. The highest BCUT2D eigenvalue weighted by atomic mass is 35.5. The minimum absolute atomic E-state index is 0.114. The monoisotopic (exact) mass is 290 g/mol. The van der Waals surface area contributed by atoms with Crippen LogP contribution in [0.25, 0.3) is 0 Å². The molecule has 1 aromatic rings. The van der Waals surface area contributed by atoms with Crippen LogP contribution in [0.15, 0.2) is 18.2 Å². The number of aliphatic hydroxyl groups excluding tert-OH is 1. The molecule has 1 rings (SSSR count). The van der Waals surface area contributed by atoms with E-state index in [9.17, 15) is 9.90 Å². The summed E-state index contributed by atoms with van der Waals surface area (Å²) in [7, 11) is 1.77. The first kappa shape index (κ1) is 15.2. The van der Waals surface area contributed by atoms with Crippen LogP contribution in [0.5, 0.6) is 0 Å². The lowest BCUT2D eigenvalue weighted by Crippen LogP contribution is -2.30. The highest BCUT2D eigenvalue weighted by Gasteiger charge is 2.10. The van der Waals surface area contributed by atoms with Gasteiger partial charge in [0.25, 0.3) is 0 Å². The van der Waals surface area contributed by atoms with Crippen molar-refractivity contribution >= 4 is 29.1 Å². The fraction of sp³-hybridized carbons (Fsp3) is 0.417. The molecule has 0 aliphatic carbocycles. The summed E-state index contributed by atoms with van der Waals surface area (Å²) in [6, 6.07) is 4.83. The zero-order valence-electron chi connectivity index (χ0n) is 10.0. The number of rotatable bonds is 6. The first-order valence-electron chi connectivity index (χ1n) is 5.58. The average molecular weight is 291 g/mol. The third-order valence-corrected chi connectivity index (χ3v) is 2.80. The van der Waals surface area contributed by atoms with Crippen LogP contribution in [0.2, 0.25) is 10.0 Å². The van der Waals surface area contributed by atoms with Crippen molar-refractivity contribution in [3.63, 3.8) is 0 Å². The second-order valence-electron chi connectivity index (χ2n) is 3.88. The summed E-state index contributed by atoms with van der Waals surface area (Å²) in [6.07, 6.45) is -0.445. The topological polar surface area (TPSA) is 61.4 Å². The first-order chi connectivity index (χ1) is 8.52. The number of aliphatic hydroxyl groups is 1. The van der Waals surface area contributed by atoms with Crippen molar-refractivity contribution in [3.05, 3.63) is 33.8 Å². The van der Waals surface area contributed by atoms with Gasteiger partial charge < -0.3 is 15.7 Å². The molecule has 1 amide bonds. The molecule has 100 valence electrons. The van der Waals surface area contributed by atoms with Crippen LogP contribution < -0.4 is 10.6 Å². The maximum atomic E-state index is 11.4. The van der Waals surface area contributed by atoms with Gasteiger partial charge >= 0.3 is 0 Å². The number of carbonyl (C=O) groups excluding carboxylic acids is 1. The zero-order valence-corrected chi connectivity index (χ0v) is 11.6. The lowest BCUT2D eigenvalue weighted by molar-refractivity contribution is -0.121. The van der Waals surface area contributed by atoms with Crippen molar-refractivity contribution in [2.75, 3.05) is 20.1 Å². The SMILES string of the molecule is CNCCC(=O)NCC(O)c1cc(Cl)cc(Cl)c1. The van der Waals surface area contributed by atoms with Gasteiger partial charge in [-0.15, -0.1) is 0 Å². The van der Waals surface area contributed by atoms with Crippen molar-refractivity contribution in [1.29, 1.82) is 0 Å². The van der Waals surface area contributed by atoms with Gasteiger partial charge in [-0.3, -0.25) is 4.79 Å². The molecule has 4 nitrogen and oxygen atoms in total. The van der Waals surface area contributed by atoms with Crippen LogP contribution >= 0.6 is 23.2 Å². The Hall–Kier alpha value is -0.810. The largest absolute Gasteiger partial charge is 0.387 e. The minimum atomic E-state index is -0.820. The van der Waals surface area contributed by atoms with E-state index < -0.39 is 6.10 Å². The molecule has 0 saturated heterocycles. The highest BCUT2D eigenvalue weighted by molar-refractivity contribution is 6.34. The lowest BCUT2D eigenvalue weighted by Gasteiger charge is -2.13. The molecule has 0 radical (unpaired) electrons. The van der Waals surface area contributed by atoms with E-state index in [2.05, 4.69) is 10.6 Å². The van der Waals surface area contributed by atoms with Gasteiger partial charge in [-0.25, -0.2) is 0 Å². The zero-order chi connectivity index (χ0) is 13.5. The number of nitrogens with one attached hydrogen (secondary N) is 2. The normalized spacial score (nSPS) is 12.2. The fourth-order valence-electron chi connectivity index (χ4n) is 1.42. The molecule has 18 heavy (non-hydrogen) atoms. The summed E-state index contributed by atoms with van der Waals surface area (Å²) in [5, 5.41) is 16.3. The molecule has 0 bridgehead atoms. The number of hydrogen-bond donors (Lipinski definition) is 3. The predicted octanol–water partition coefficient (Wildman–Crippen LogP) is 1.75. The van der Waals surface area contributed by atoms with E-state index >= 15 is 0 Å². The second-order valence-corrected chi connectivity index (χ2v) is 4.75. The van der Waals surface area contributed by atoms with E-state index in [1.165, 1.54) is 0 Å². The summed E-state index contributed by atoms with van der Waals surface area (Å²) < 4.78 is 0. The van der Waals surface area contributed by atoms with Gasteiger partial charge in [0.2, 0.25) is 5.91 Å². The molecule has 3 N–H and O–H groups in total. The van der Waals surface area contributed by atoms with E-state index in [0.29, 0.717) is 28.6 Å². The molecule has 1 aromatic carbocycles. The third kappa shape index (κ3) is 5.23. The fourth-order valence-corrected chi connectivity index (χ4v) is 1.97. The highest BCUT2D eigenvalue weighted by Crippen LogP contribution is 2.23. The van der Waals surface area contributed by atoms with E-state index in [-0.39, 0.29) is 12.5 Å². The Kier molecular flexibility index (Phi) is 6.43. The van der Waals surface area contributed by atoms with E-state index in [0.717, 1.165) is 0 Å². The quantitative estimate of drug-likeness (QED) is 0.748. The van der Waals surface area contributed by atoms with E-state index in [4.69, 9.17) is 23.2 Å². The number of halogens is 2. The van der Waals surface area contributed by atoms with Crippen LogP contribution in [0.4, 0.5) is 0 Å². The maximum absolute atomic E-state index is 11.4. The van der Waals surface area contributed by atoms with Gasteiger partial charge in [-0.2, -0.15) is 0 Å². The second kappa shape index (κ2) is 7.59. The van der Waals surface area contributed by atoms with Crippen molar-refractivity contribution in [3.8, 4) is 0 Å².